The number of rotatable bonds is 13. The molecule has 19 heavy (non-hydrogen) atoms. The lowest BCUT2D eigenvalue weighted by atomic mass is 10.0. The summed E-state index contributed by atoms with van der Waals surface area (Å²) in [5.74, 6) is 0.129. The quantitative estimate of drug-likeness (QED) is 0.527. The van der Waals surface area contributed by atoms with Gasteiger partial charge in [-0.2, -0.15) is 0 Å². The van der Waals surface area contributed by atoms with Gasteiger partial charge in [-0.3, -0.25) is 0 Å². The van der Waals surface area contributed by atoms with E-state index in [1.165, 1.54) is 64.0 Å². The molecule has 0 heterocycles. The van der Waals surface area contributed by atoms with Crippen LogP contribution in [0.1, 0.15) is 77.6 Å². The van der Waals surface area contributed by atoms with Crippen LogP contribution in [0.5, 0.6) is 0 Å². The summed E-state index contributed by atoms with van der Waals surface area (Å²) in [6.07, 6.45) is 15.1. The molecule has 0 saturated carbocycles. The Hall–Kier alpha value is -0.0900. The van der Waals surface area contributed by atoms with Crippen LogP contribution in [0.25, 0.3) is 0 Å². The van der Waals surface area contributed by atoms with Crippen molar-refractivity contribution in [2.45, 2.75) is 83.6 Å². The summed E-state index contributed by atoms with van der Waals surface area (Å²) in [6, 6.07) is -0.177. The van der Waals surface area contributed by atoms with Gasteiger partial charge in [-0.05, 0) is 6.42 Å². The molecule has 1 atom stereocenters. The fourth-order valence-corrected chi connectivity index (χ4v) is 3.31. The van der Waals surface area contributed by atoms with E-state index in [0.29, 0.717) is 0 Å². The highest BCUT2D eigenvalue weighted by Gasteiger charge is 2.10. The van der Waals surface area contributed by atoms with E-state index in [2.05, 4.69) is 6.92 Å². The summed E-state index contributed by atoms with van der Waals surface area (Å²) in [4.78, 5) is 0. The summed E-state index contributed by atoms with van der Waals surface area (Å²) in [5, 5.41) is 0. The first-order chi connectivity index (χ1) is 8.95. The van der Waals surface area contributed by atoms with Crippen LogP contribution in [-0.2, 0) is 9.84 Å². The molecule has 0 aromatic heterocycles. The molecule has 0 aromatic carbocycles. The van der Waals surface area contributed by atoms with Crippen molar-refractivity contribution in [2.75, 3.05) is 12.0 Å². The second-order valence-electron chi connectivity index (χ2n) is 5.82. The smallest absolute Gasteiger partial charge is 0.148 e. The van der Waals surface area contributed by atoms with Gasteiger partial charge in [0.25, 0.3) is 0 Å². The average molecular weight is 292 g/mol. The molecule has 0 aliphatic carbocycles. The molecule has 0 fully saturated rings. The number of unbranched alkanes of at least 4 members (excludes halogenated alkanes) is 9. The predicted molar refractivity (Wildman–Crippen MR) is 84.1 cm³/mol. The summed E-state index contributed by atoms with van der Waals surface area (Å²) >= 11 is 0. The second-order valence-corrected chi connectivity index (χ2v) is 8.01. The van der Waals surface area contributed by atoms with E-state index in [1.807, 2.05) is 0 Å². The van der Waals surface area contributed by atoms with Crippen LogP contribution >= 0.6 is 0 Å². The molecular formula is C15H33NO2S. The Labute approximate surface area is 120 Å². The highest BCUT2D eigenvalue weighted by Crippen LogP contribution is 2.11. The van der Waals surface area contributed by atoms with E-state index in [-0.39, 0.29) is 11.8 Å². The lowest BCUT2D eigenvalue weighted by molar-refractivity contribution is 0.529. The SMILES string of the molecule is CCCCCCCCCCCCC(N)CS(C)(=O)=O. The summed E-state index contributed by atoms with van der Waals surface area (Å²) in [6.45, 7) is 2.24. The van der Waals surface area contributed by atoms with Crippen molar-refractivity contribution in [3.63, 3.8) is 0 Å². The average Bonchev–Trinajstić information content (AvgIpc) is 2.29. The van der Waals surface area contributed by atoms with Gasteiger partial charge >= 0.3 is 0 Å². The van der Waals surface area contributed by atoms with Gasteiger partial charge in [0.1, 0.15) is 9.84 Å². The minimum absolute atomic E-state index is 0.129. The Bertz CT molecular complexity index is 289. The summed E-state index contributed by atoms with van der Waals surface area (Å²) in [5.41, 5.74) is 5.79. The lowest BCUT2D eigenvalue weighted by Crippen LogP contribution is -2.28. The van der Waals surface area contributed by atoms with Crippen LogP contribution in [-0.4, -0.2) is 26.5 Å². The van der Waals surface area contributed by atoms with Gasteiger partial charge in [-0.1, -0.05) is 71.1 Å². The minimum atomic E-state index is -2.91. The Morgan fingerprint density at radius 3 is 1.68 bits per heavy atom. The first kappa shape index (κ1) is 18.9. The highest BCUT2D eigenvalue weighted by atomic mass is 32.2. The molecule has 1 unspecified atom stereocenters. The molecule has 2 N–H and O–H groups in total. The standard InChI is InChI=1S/C15H33NO2S/c1-3-4-5-6-7-8-9-10-11-12-13-15(16)14-19(2,17)18/h15H,3-14,16H2,1-2H3. The summed E-state index contributed by atoms with van der Waals surface area (Å²) in [7, 11) is -2.91. The second kappa shape index (κ2) is 11.7. The number of hydrogen-bond acceptors (Lipinski definition) is 3. The normalized spacial score (nSPS) is 13.6. The molecule has 3 nitrogen and oxygen atoms in total. The van der Waals surface area contributed by atoms with Crippen LogP contribution < -0.4 is 5.73 Å². The van der Waals surface area contributed by atoms with E-state index in [0.717, 1.165) is 12.8 Å². The fraction of sp³-hybridized carbons (Fsp3) is 1.00. The maximum Gasteiger partial charge on any atom is 0.148 e. The zero-order valence-electron chi connectivity index (χ0n) is 12.9. The van der Waals surface area contributed by atoms with Crippen LogP contribution in [0.4, 0.5) is 0 Å². The zero-order valence-corrected chi connectivity index (χ0v) is 13.7. The zero-order chi connectivity index (χ0) is 14.6. The first-order valence-corrected chi connectivity index (χ1v) is 9.95. The van der Waals surface area contributed by atoms with Crippen molar-refractivity contribution < 1.29 is 8.42 Å². The molecule has 0 aliphatic heterocycles. The molecule has 0 rings (SSSR count). The maximum atomic E-state index is 11.0. The third kappa shape index (κ3) is 15.9. The molecule has 0 aromatic rings. The topological polar surface area (TPSA) is 60.2 Å². The third-order valence-electron chi connectivity index (χ3n) is 3.45. The van der Waals surface area contributed by atoms with Crippen molar-refractivity contribution in [3.8, 4) is 0 Å². The maximum absolute atomic E-state index is 11.0. The van der Waals surface area contributed by atoms with E-state index in [4.69, 9.17) is 5.73 Å². The largest absolute Gasteiger partial charge is 0.327 e. The Kier molecular flexibility index (Phi) is 11.7. The predicted octanol–water partition coefficient (Wildman–Crippen LogP) is 3.67. The Morgan fingerprint density at radius 1 is 0.842 bits per heavy atom. The van der Waals surface area contributed by atoms with Gasteiger partial charge in [-0.15, -0.1) is 0 Å². The Balaban J connectivity index is 3.23. The monoisotopic (exact) mass is 291 g/mol. The third-order valence-corrected chi connectivity index (χ3v) is 4.48. The van der Waals surface area contributed by atoms with Crippen LogP contribution in [0.15, 0.2) is 0 Å². The van der Waals surface area contributed by atoms with Crippen molar-refractivity contribution in [2.24, 2.45) is 5.73 Å². The van der Waals surface area contributed by atoms with Gasteiger partial charge in [0.2, 0.25) is 0 Å². The highest BCUT2D eigenvalue weighted by molar-refractivity contribution is 7.90. The molecule has 0 bridgehead atoms. The summed E-state index contributed by atoms with van der Waals surface area (Å²) < 4.78 is 22.1. The minimum Gasteiger partial charge on any atom is -0.327 e. The van der Waals surface area contributed by atoms with Crippen molar-refractivity contribution in [1.29, 1.82) is 0 Å². The molecule has 116 valence electrons. The van der Waals surface area contributed by atoms with Gasteiger partial charge in [0, 0.05) is 12.3 Å². The van der Waals surface area contributed by atoms with E-state index in [9.17, 15) is 8.42 Å². The number of sulfone groups is 1. The van der Waals surface area contributed by atoms with Crippen LogP contribution in [0.2, 0.25) is 0 Å². The molecule has 0 amide bonds. The van der Waals surface area contributed by atoms with Gasteiger partial charge in [0.05, 0.1) is 5.75 Å². The lowest BCUT2D eigenvalue weighted by Gasteiger charge is -2.09. The van der Waals surface area contributed by atoms with E-state index in [1.54, 1.807) is 0 Å². The molecule has 0 radical (unpaired) electrons. The molecule has 0 aliphatic rings. The van der Waals surface area contributed by atoms with Crippen LogP contribution in [0.3, 0.4) is 0 Å². The Morgan fingerprint density at radius 2 is 1.26 bits per heavy atom. The first-order valence-electron chi connectivity index (χ1n) is 7.89. The van der Waals surface area contributed by atoms with Crippen molar-refractivity contribution in [1.82, 2.24) is 0 Å². The van der Waals surface area contributed by atoms with E-state index >= 15 is 0 Å². The van der Waals surface area contributed by atoms with Gasteiger partial charge < -0.3 is 5.73 Å². The number of hydrogen-bond donors (Lipinski definition) is 1. The molecular weight excluding hydrogens is 258 g/mol. The number of nitrogens with two attached hydrogens (primary N) is 1. The molecule has 0 spiro atoms. The molecule has 0 saturated heterocycles. The van der Waals surface area contributed by atoms with Crippen LogP contribution in [0, 0.1) is 0 Å². The molecule has 4 heteroatoms. The van der Waals surface area contributed by atoms with Crippen molar-refractivity contribution in [3.05, 3.63) is 0 Å². The van der Waals surface area contributed by atoms with Crippen molar-refractivity contribution >= 4 is 9.84 Å². The fourth-order valence-electron chi connectivity index (χ4n) is 2.37. The van der Waals surface area contributed by atoms with Gasteiger partial charge in [-0.25, -0.2) is 8.42 Å². The van der Waals surface area contributed by atoms with Gasteiger partial charge in [0.15, 0.2) is 0 Å². The van der Waals surface area contributed by atoms with E-state index < -0.39 is 9.84 Å².